The van der Waals surface area contributed by atoms with Crippen molar-refractivity contribution in [2.75, 3.05) is 37.6 Å². The van der Waals surface area contributed by atoms with Crippen LogP contribution < -0.4 is 4.90 Å². The molecule has 2 aliphatic rings. The molecular weight excluding hydrogens is 336 g/mol. The number of hydrogen-bond donors (Lipinski definition) is 1. The quantitative estimate of drug-likeness (QED) is 0.640. The Hall–Kier alpha value is -2.35. The molecule has 2 fully saturated rings. The molecule has 0 saturated carbocycles. The Morgan fingerprint density at radius 2 is 1.88 bits per heavy atom. The summed E-state index contributed by atoms with van der Waals surface area (Å²) in [6.45, 7) is 6.03. The highest BCUT2D eigenvalue weighted by Crippen LogP contribution is 2.27. The van der Waals surface area contributed by atoms with E-state index in [-0.39, 0.29) is 16.7 Å². The molecule has 0 aliphatic carbocycles. The van der Waals surface area contributed by atoms with Crippen molar-refractivity contribution in [3.8, 4) is 0 Å². The van der Waals surface area contributed by atoms with Crippen molar-refractivity contribution in [3.63, 3.8) is 0 Å². The van der Waals surface area contributed by atoms with Crippen LogP contribution in [0.3, 0.4) is 0 Å². The van der Waals surface area contributed by atoms with Crippen molar-refractivity contribution in [1.29, 1.82) is 0 Å². The van der Waals surface area contributed by atoms with Gasteiger partial charge >= 0.3 is 6.09 Å². The molecule has 2 aliphatic heterocycles. The predicted molar refractivity (Wildman–Crippen MR) is 98.7 cm³/mol. The Kier molecular flexibility index (Phi) is 5.61. The number of non-ortho nitro benzene ring substituents is 1. The third kappa shape index (κ3) is 3.90. The molecule has 8 nitrogen and oxygen atoms in total. The summed E-state index contributed by atoms with van der Waals surface area (Å²) in [6.07, 6.45) is 2.14. The zero-order valence-electron chi connectivity index (χ0n) is 15.1. The second kappa shape index (κ2) is 7.90. The summed E-state index contributed by atoms with van der Waals surface area (Å²) in [7, 11) is 0. The molecule has 8 heteroatoms. The van der Waals surface area contributed by atoms with Gasteiger partial charge in [-0.15, -0.1) is 0 Å². The lowest BCUT2D eigenvalue weighted by atomic mass is 10.0. The topological polar surface area (TPSA) is 90.2 Å². The van der Waals surface area contributed by atoms with Crippen LogP contribution in [0.25, 0.3) is 0 Å². The van der Waals surface area contributed by atoms with Crippen LogP contribution in [0, 0.1) is 10.1 Å². The molecule has 0 radical (unpaired) electrons. The lowest BCUT2D eigenvalue weighted by Crippen LogP contribution is -2.46. The number of nitro groups is 1. The maximum absolute atomic E-state index is 11.3. The molecule has 0 spiro atoms. The second-order valence-corrected chi connectivity index (χ2v) is 7.00. The van der Waals surface area contributed by atoms with Gasteiger partial charge in [-0.2, -0.15) is 0 Å². The molecule has 26 heavy (non-hydrogen) atoms. The largest absolute Gasteiger partial charge is 0.465 e. The summed E-state index contributed by atoms with van der Waals surface area (Å²) in [6, 6.07) is 7.33. The van der Waals surface area contributed by atoms with Crippen molar-refractivity contribution < 1.29 is 14.8 Å². The van der Waals surface area contributed by atoms with Crippen LogP contribution in [-0.2, 0) is 0 Å². The molecule has 1 aromatic carbocycles. The van der Waals surface area contributed by atoms with Crippen molar-refractivity contribution in [1.82, 2.24) is 9.80 Å². The molecule has 1 N–H and O–H groups in total. The van der Waals surface area contributed by atoms with Crippen LogP contribution in [0.5, 0.6) is 0 Å². The molecule has 1 atom stereocenters. The summed E-state index contributed by atoms with van der Waals surface area (Å²) in [4.78, 5) is 28.0. The van der Waals surface area contributed by atoms with Gasteiger partial charge in [0.15, 0.2) is 0 Å². The number of rotatable bonds is 5. The van der Waals surface area contributed by atoms with E-state index >= 15 is 0 Å². The van der Waals surface area contributed by atoms with Crippen LogP contribution in [-0.4, -0.2) is 70.7 Å². The van der Waals surface area contributed by atoms with Crippen LogP contribution >= 0.6 is 0 Å². The maximum atomic E-state index is 11.3. The van der Waals surface area contributed by atoms with Crippen molar-refractivity contribution in [2.24, 2.45) is 0 Å². The SMILES string of the molecule is CCN(C(=O)O)C1CCN(C2CCN(c3ccc([N+](=O)[O-])cc3)CC2)C1. The highest BCUT2D eigenvalue weighted by atomic mass is 16.6. The monoisotopic (exact) mass is 362 g/mol. The molecule has 1 aromatic rings. The number of amides is 1. The lowest BCUT2D eigenvalue weighted by Gasteiger charge is -2.38. The third-order valence-corrected chi connectivity index (χ3v) is 5.63. The van der Waals surface area contributed by atoms with Gasteiger partial charge in [0.25, 0.3) is 5.69 Å². The Labute approximate surface area is 153 Å². The molecule has 1 unspecified atom stereocenters. The fraction of sp³-hybridized carbons (Fsp3) is 0.611. The Morgan fingerprint density at radius 3 is 2.42 bits per heavy atom. The zero-order valence-corrected chi connectivity index (χ0v) is 15.1. The minimum absolute atomic E-state index is 0.102. The first-order valence-corrected chi connectivity index (χ1v) is 9.22. The number of piperidine rings is 1. The average Bonchev–Trinajstić information content (AvgIpc) is 3.12. The summed E-state index contributed by atoms with van der Waals surface area (Å²) in [5, 5.41) is 20.1. The number of likely N-dealkylation sites (tertiary alicyclic amines) is 1. The van der Waals surface area contributed by atoms with Gasteiger partial charge in [0.05, 0.1) is 4.92 Å². The van der Waals surface area contributed by atoms with Crippen LogP contribution in [0.15, 0.2) is 24.3 Å². The van der Waals surface area contributed by atoms with Crippen molar-refractivity contribution >= 4 is 17.5 Å². The van der Waals surface area contributed by atoms with E-state index in [4.69, 9.17) is 0 Å². The Balaban J connectivity index is 1.52. The fourth-order valence-corrected chi connectivity index (χ4v) is 4.18. The number of likely N-dealkylation sites (N-methyl/N-ethyl adjacent to an activating group) is 1. The normalized spacial score (nSPS) is 21.7. The van der Waals surface area contributed by atoms with E-state index in [2.05, 4.69) is 9.80 Å². The van der Waals surface area contributed by atoms with Crippen LogP contribution in [0.1, 0.15) is 26.2 Å². The number of carbonyl (C=O) groups is 1. The first-order chi connectivity index (χ1) is 12.5. The molecule has 1 amide bonds. The predicted octanol–water partition coefficient (Wildman–Crippen LogP) is 2.64. The molecule has 2 heterocycles. The number of hydrogen-bond acceptors (Lipinski definition) is 5. The smallest absolute Gasteiger partial charge is 0.407 e. The second-order valence-electron chi connectivity index (χ2n) is 7.00. The van der Waals surface area contributed by atoms with E-state index in [0.717, 1.165) is 51.1 Å². The minimum Gasteiger partial charge on any atom is -0.465 e. The highest BCUT2D eigenvalue weighted by molar-refractivity contribution is 5.65. The average molecular weight is 362 g/mol. The first kappa shape index (κ1) is 18.4. The summed E-state index contributed by atoms with van der Waals surface area (Å²) < 4.78 is 0. The van der Waals surface area contributed by atoms with Crippen molar-refractivity contribution in [2.45, 2.75) is 38.3 Å². The summed E-state index contributed by atoms with van der Waals surface area (Å²) in [5.74, 6) is 0. The number of anilines is 1. The van der Waals surface area contributed by atoms with Gasteiger partial charge < -0.3 is 14.9 Å². The number of nitrogens with zero attached hydrogens (tertiary/aromatic N) is 4. The minimum atomic E-state index is -0.827. The van der Waals surface area contributed by atoms with Gasteiger partial charge in [0.2, 0.25) is 0 Å². The molecule has 0 bridgehead atoms. The molecule has 3 rings (SSSR count). The molecule has 2 saturated heterocycles. The number of benzene rings is 1. The molecule has 142 valence electrons. The van der Waals surface area contributed by atoms with Crippen molar-refractivity contribution in [3.05, 3.63) is 34.4 Å². The van der Waals surface area contributed by atoms with E-state index in [1.165, 1.54) is 0 Å². The Bertz CT molecular complexity index is 643. The van der Waals surface area contributed by atoms with Gasteiger partial charge in [-0.25, -0.2) is 4.79 Å². The zero-order chi connectivity index (χ0) is 18.7. The summed E-state index contributed by atoms with van der Waals surface area (Å²) >= 11 is 0. The van der Waals surface area contributed by atoms with Crippen LogP contribution in [0.2, 0.25) is 0 Å². The van der Waals surface area contributed by atoms with Gasteiger partial charge in [0, 0.05) is 62.6 Å². The van der Waals surface area contributed by atoms with E-state index in [1.54, 1.807) is 17.0 Å². The van der Waals surface area contributed by atoms with E-state index in [9.17, 15) is 20.0 Å². The first-order valence-electron chi connectivity index (χ1n) is 9.22. The maximum Gasteiger partial charge on any atom is 0.407 e. The molecular formula is C18H26N4O4. The van der Waals surface area contributed by atoms with E-state index < -0.39 is 6.09 Å². The van der Waals surface area contributed by atoms with Crippen LogP contribution in [0.4, 0.5) is 16.2 Å². The van der Waals surface area contributed by atoms with Gasteiger partial charge in [-0.3, -0.25) is 15.0 Å². The fourth-order valence-electron chi connectivity index (χ4n) is 4.18. The molecule has 0 aromatic heterocycles. The van der Waals surface area contributed by atoms with Gasteiger partial charge in [0.1, 0.15) is 0 Å². The Morgan fingerprint density at radius 1 is 1.23 bits per heavy atom. The lowest BCUT2D eigenvalue weighted by molar-refractivity contribution is -0.384. The summed E-state index contributed by atoms with van der Waals surface area (Å²) in [5.41, 5.74) is 1.14. The van der Waals surface area contributed by atoms with Gasteiger partial charge in [-0.1, -0.05) is 0 Å². The number of nitro benzene ring substituents is 1. The van der Waals surface area contributed by atoms with E-state index in [0.29, 0.717) is 12.6 Å². The number of carboxylic acid groups (broad SMARTS) is 1. The van der Waals surface area contributed by atoms with E-state index in [1.807, 2.05) is 19.1 Å². The standard InChI is InChI=1S/C18H26N4O4/c1-2-21(18(23)24)17-9-12-20(13-17)15-7-10-19(11-8-15)14-3-5-16(6-4-14)22(25)26/h3-6,15,17H,2,7-13H2,1H3,(H,23,24). The third-order valence-electron chi connectivity index (χ3n) is 5.63. The van der Waals surface area contributed by atoms with Gasteiger partial charge in [-0.05, 0) is 38.3 Å². The highest BCUT2D eigenvalue weighted by Gasteiger charge is 2.34.